The SMILES string of the molecule is Cn1c([N+](=O)[O-])cnc1COc1cccc([N+](=O)[O-])c1. The van der Waals surface area contributed by atoms with E-state index < -0.39 is 9.85 Å². The standard InChI is InChI=1S/C11H10N4O5/c1-13-10(12-6-11(13)15(18)19)7-20-9-4-2-3-8(5-9)14(16)17/h2-6H,7H2,1H3. The molecule has 0 bridgehead atoms. The van der Waals surface area contributed by atoms with Gasteiger partial charge in [0.25, 0.3) is 5.69 Å². The molecule has 1 heterocycles. The number of imidazole rings is 1. The van der Waals surface area contributed by atoms with Gasteiger partial charge < -0.3 is 14.9 Å². The third-order valence-corrected chi connectivity index (χ3v) is 2.64. The fraction of sp³-hybridized carbons (Fsp3) is 0.182. The minimum absolute atomic E-state index is 0.0223. The fourth-order valence-electron chi connectivity index (χ4n) is 1.58. The van der Waals surface area contributed by atoms with E-state index in [1.54, 1.807) is 6.07 Å². The van der Waals surface area contributed by atoms with Gasteiger partial charge in [-0.2, -0.15) is 0 Å². The summed E-state index contributed by atoms with van der Waals surface area (Å²) in [4.78, 5) is 24.1. The highest BCUT2D eigenvalue weighted by Crippen LogP contribution is 2.20. The second-order valence-electron chi connectivity index (χ2n) is 3.89. The summed E-state index contributed by atoms with van der Waals surface area (Å²) >= 11 is 0. The van der Waals surface area contributed by atoms with Crippen LogP contribution in [0.25, 0.3) is 0 Å². The maximum Gasteiger partial charge on any atom is 0.342 e. The van der Waals surface area contributed by atoms with Gasteiger partial charge in [0.2, 0.25) is 5.82 Å². The molecular weight excluding hydrogens is 268 g/mol. The van der Waals surface area contributed by atoms with Crippen LogP contribution in [0, 0.1) is 20.2 Å². The first kappa shape index (κ1) is 13.5. The lowest BCUT2D eigenvalue weighted by atomic mass is 10.3. The molecule has 2 rings (SSSR count). The number of rotatable bonds is 5. The van der Waals surface area contributed by atoms with E-state index in [1.807, 2.05) is 0 Å². The molecule has 0 saturated heterocycles. The van der Waals surface area contributed by atoms with Crippen LogP contribution in [-0.2, 0) is 13.7 Å². The Morgan fingerprint density at radius 1 is 1.30 bits per heavy atom. The Bertz CT molecular complexity index is 667. The van der Waals surface area contributed by atoms with E-state index >= 15 is 0 Å². The van der Waals surface area contributed by atoms with Crippen molar-refractivity contribution in [2.24, 2.45) is 7.05 Å². The van der Waals surface area contributed by atoms with Crippen molar-refractivity contribution >= 4 is 11.5 Å². The molecule has 0 spiro atoms. The first-order chi connectivity index (χ1) is 9.49. The number of aromatic nitrogens is 2. The third-order valence-electron chi connectivity index (χ3n) is 2.64. The van der Waals surface area contributed by atoms with Gasteiger partial charge in [0.15, 0.2) is 6.61 Å². The van der Waals surface area contributed by atoms with E-state index in [-0.39, 0.29) is 18.1 Å². The van der Waals surface area contributed by atoms with Crippen molar-refractivity contribution in [3.05, 3.63) is 56.5 Å². The molecule has 0 fully saturated rings. The molecule has 9 nitrogen and oxygen atoms in total. The molecule has 0 atom stereocenters. The zero-order valence-electron chi connectivity index (χ0n) is 10.4. The maximum absolute atomic E-state index is 10.7. The molecule has 20 heavy (non-hydrogen) atoms. The van der Waals surface area contributed by atoms with Crippen molar-refractivity contribution in [3.8, 4) is 5.75 Å². The van der Waals surface area contributed by atoms with Crippen molar-refractivity contribution in [3.63, 3.8) is 0 Å². The van der Waals surface area contributed by atoms with Crippen molar-refractivity contribution in [1.29, 1.82) is 0 Å². The molecule has 0 unspecified atom stereocenters. The number of hydrogen-bond acceptors (Lipinski definition) is 6. The van der Waals surface area contributed by atoms with Crippen LogP contribution in [0.15, 0.2) is 30.5 Å². The minimum Gasteiger partial charge on any atom is -0.483 e. The number of ether oxygens (including phenoxy) is 1. The van der Waals surface area contributed by atoms with E-state index in [0.29, 0.717) is 11.6 Å². The zero-order valence-corrected chi connectivity index (χ0v) is 10.4. The van der Waals surface area contributed by atoms with E-state index in [1.165, 1.54) is 29.8 Å². The van der Waals surface area contributed by atoms with Crippen LogP contribution < -0.4 is 4.74 Å². The second-order valence-corrected chi connectivity index (χ2v) is 3.89. The van der Waals surface area contributed by atoms with Crippen LogP contribution in [0.2, 0.25) is 0 Å². The van der Waals surface area contributed by atoms with Gasteiger partial charge in [-0.05, 0) is 11.0 Å². The predicted molar refractivity (Wildman–Crippen MR) is 67.3 cm³/mol. The van der Waals surface area contributed by atoms with Gasteiger partial charge in [0.05, 0.1) is 18.0 Å². The Labute approximate surface area is 112 Å². The predicted octanol–water partition coefficient (Wildman–Crippen LogP) is 1.82. The van der Waals surface area contributed by atoms with Crippen LogP contribution in [0.5, 0.6) is 5.75 Å². The summed E-state index contributed by atoms with van der Waals surface area (Å²) in [5.74, 6) is 0.496. The number of nitro groups is 2. The highest BCUT2D eigenvalue weighted by atomic mass is 16.6. The average molecular weight is 278 g/mol. The number of nitro benzene ring substituents is 1. The van der Waals surface area contributed by atoms with Crippen LogP contribution in [0.4, 0.5) is 11.5 Å². The Morgan fingerprint density at radius 2 is 2.05 bits per heavy atom. The lowest BCUT2D eigenvalue weighted by molar-refractivity contribution is -0.391. The van der Waals surface area contributed by atoms with E-state index in [9.17, 15) is 20.2 Å². The molecule has 1 aromatic heterocycles. The van der Waals surface area contributed by atoms with Gasteiger partial charge in [0, 0.05) is 6.07 Å². The molecule has 0 amide bonds. The maximum atomic E-state index is 10.7. The van der Waals surface area contributed by atoms with Crippen LogP contribution >= 0.6 is 0 Å². The normalized spacial score (nSPS) is 10.2. The first-order valence-electron chi connectivity index (χ1n) is 5.51. The molecule has 0 radical (unpaired) electrons. The quantitative estimate of drug-likeness (QED) is 0.608. The molecule has 0 aliphatic heterocycles. The molecule has 0 N–H and O–H groups in total. The van der Waals surface area contributed by atoms with Crippen LogP contribution in [0.3, 0.4) is 0 Å². The smallest absolute Gasteiger partial charge is 0.342 e. The minimum atomic E-state index is -0.552. The van der Waals surface area contributed by atoms with Crippen molar-refractivity contribution < 1.29 is 14.6 Å². The van der Waals surface area contributed by atoms with Gasteiger partial charge in [-0.25, -0.2) is 9.55 Å². The summed E-state index contributed by atoms with van der Waals surface area (Å²) in [7, 11) is 1.50. The van der Waals surface area contributed by atoms with Gasteiger partial charge in [-0.1, -0.05) is 6.07 Å². The number of benzene rings is 1. The average Bonchev–Trinajstić information content (AvgIpc) is 2.78. The second kappa shape index (κ2) is 5.34. The Balaban J connectivity index is 2.11. The van der Waals surface area contributed by atoms with Gasteiger partial charge in [-0.3, -0.25) is 10.1 Å². The number of nitrogens with zero attached hydrogens (tertiary/aromatic N) is 4. The van der Waals surface area contributed by atoms with Crippen molar-refractivity contribution in [1.82, 2.24) is 9.55 Å². The molecule has 1 aromatic carbocycles. The van der Waals surface area contributed by atoms with Gasteiger partial charge in [0.1, 0.15) is 11.9 Å². The topological polar surface area (TPSA) is 113 Å². The summed E-state index contributed by atoms with van der Waals surface area (Å²) in [6.07, 6.45) is 1.13. The molecule has 9 heteroatoms. The third kappa shape index (κ3) is 2.71. The molecule has 0 saturated carbocycles. The molecule has 0 aliphatic carbocycles. The molecule has 0 aliphatic rings. The van der Waals surface area contributed by atoms with Crippen LogP contribution in [-0.4, -0.2) is 19.4 Å². The summed E-state index contributed by atoms with van der Waals surface area (Å²) in [6, 6.07) is 5.68. The van der Waals surface area contributed by atoms with Crippen LogP contribution in [0.1, 0.15) is 5.82 Å². The summed E-state index contributed by atoms with van der Waals surface area (Å²) in [5.41, 5.74) is -0.0895. The zero-order chi connectivity index (χ0) is 14.7. The van der Waals surface area contributed by atoms with E-state index in [2.05, 4.69) is 4.98 Å². The van der Waals surface area contributed by atoms with Crippen molar-refractivity contribution in [2.75, 3.05) is 0 Å². The Hall–Kier alpha value is -2.97. The molecular formula is C11H10N4O5. The summed E-state index contributed by atoms with van der Waals surface area (Å²) < 4.78 is 6.64. The van der Waals surface area contributed by atoms with E-state index in [0.717, 1.165) is 6.20 Å². The lowest BCUT2D eigenvalue weighted by Gasteiger charge is -2.04. The summed E-state index contributed by atoms with van der Waals surface area (Å²) in [5, 5.41) is 21.3. The lowest BCUT2D eigenvalue weighted by Crippen LogP contribution is -2.05. The van der Waals surface area contributed by atoms with Crippen molar-refractivity contribution in [2.45, 2.75) is 6.61 Å². The first-order valence-corrected chi connectivity index (χ1v) is 5.51. The monoisotopic (exact) mass is 278 g/mol. The summed E-state index contributed by atoms with van der Waals surface area (Å²) in [6.45, 7) is -0.0223. The van der Waals surface area contributed by atoms with Gasteiger partial charge in [-0.15, -0.1) is 0 Å². The molecule has 2 aromatic rings. The van der Waals surface area contributed by atoms with E-state index in [4.69, 9.17) is 4.74 Å². The Morgan fingerprint density at radius 3 is 2.65 bits per heavy atom. The highest BCUT2D eigenvalue weighted by molar-refractivity contribution is 5.38. The highest BCUT2D eigenvalue weighted by Gasteiger charge is 2.17. The van der Waals surface area contributed by atoms with Gasteiger partial charge >= 0.3 is 5.82 Å². The number of hydrogen-bond donors (Lipinski definition) is 0. The fourth-order valence-corrected chi connectivity index (χ4v) is 1.58. The Kier molecular flexibility index (Phi) is 3.60. The largest absolute Gasteiger partial charge is 0.483 e. The molecule has 104 valence electrons. The number of non-ortho nitro benzene ring substituents is 1.